The molecule has 0 unspecified atom stereocenters. The molecule has 1 aromatic rings. The molecule has 0 saturated heterocycles. The van der Waals surface area contributed by atoms with E-state index in [4.69, 9.17) is 4.74 Å². The summed E-state index contributed by atoms with van der Waals surface area (Å²) in [5.74, 6) is 0.631. The highest BCUT2D eigenvalue weighted by Crippen LogP contribution is 2.20. The zero-order chi connectivity index (χ0) is 15.3. The Labute approximate surface area is 120 Å². The summed E-state index contributed by atoms with van der Waals surface area (Å²) in [6, 6.07) is 6.76. The van der Waals surface area contributed by atoms with Gasteiger partial charge in [-0.1, -0.05) is 0 Å². The van der Waals surface area contributed by atoms with Gasteiger partial charge in [0.15, 0.2) is 0 Å². The Balaban J connectivity index is 2.87. The fourth-order valence-electron chi connectivity index (χ4n) is 2.12. The Hall–Kier alpha value is -1.59. The van der Waals surface area contributed by atoms with Gasteiger partial charge in [0.1, 0.15) is 11.8 Å². The zero-order valence-corrected chi connectivity index (χ0v) is 12.8. The van der Waals surface area contributed by atoms with Crippen LogP contribution in [-0.2, 0) is 4.79 Å². The van der Waals surface area contributed by atoms with Crippen LogP contribution >= 0.6 is 0 Å². The number of hydrogen-bond donors (Lipinski definition) is 1. The minimum atomic E-state index is -0.734. The summed E-state index contributed by atoms with van der Waals surface area (Å²) in [6.07, 6.45) is -0.734. The van der Waals surface area contributed by atoms with Gasteiger partial charge in [-0.25, -0.2) is 0 Å². The van der Waals surface area contributed by atoms with Crippen molar-refractivity contribution in [2.24, 2.45) is 0 Å². The number of benzene rings is 1. The topological polar surface area (TPSA) is 53.0 Å². The lowest BCUT2D eigenvalue weighted by Gasteiger charge is -2.30. The molecule has 5 nitrogen and oxygen atoms in total. The van der Waals surface area contributed by atoms with Crippen LogP contribution in [0.15, 0.2) is 24.3 Å². The first-order valence-corrected chi connectivity index (χ1v) is 6.73. The summed E-state index contributed by atoms with van der Waals surface area (Å²) in [7, 11) is 5.26. The van der Waals surface area contributed by atoms with Gasteiger partial charge in [0, 0.05) is 12.7 Å². The zero-order valence-electron chi connectivity index (χ0n) is 12.8. The second-order valence-corrected chi connectivity index (χ2v) is 4.97. The van der Waals surface area contributed by atoms with Crippen LogP contribution in [0.2, 0.25) is 0 Å². The summed E-state index contributed by atoms with van der Waals surface area (Å²) in [4.78, 5) is 15.7. The molecule has 2 atom stereocenters. The van der Waals surface area contributed by atoms with Gasteiger partial charge in [-0.15, -0.1) is 0 Å². The van der Waals surface area contributed by atoms with E-state index in [1.54, 1.807) is 37.9 Å². The van der Waals surface area contributed by atoms with Crippen molar-refractivity contribution >= 4 is 11.6 Å². The maximum Gasteiger partial charge on any atom is 0.246 e. The molecule has 1 N–H and O–H groups in total. The van der Waals surface area contributed by atoms with Gasteiger partial charge in [0.25, 0.3) is 0 Å². The van der Waals surface area contributed by atoms with Gasteiger partial charge in [-0.2, -0.15) is 0 Å². The number of carbonyl (C=O) groups excluding carboxylic acids is 1. The van der Waals surface area contributed by atoms with E-state index in [9.17, 15) is 9.90 Å². The lowest BCUT2D eigenvalue weighted by molar-refractivity contribution is -0.125. The summed E-state index contributed by atoms with van der Waals surface area (Å²) in [5.41, 5.74) is 0.769. The fraction of sp³-hybridized carbons (Fsp3) is 0.533. The number of rotatable bonds is 6. The number of anilines is 1. The average molecular weight is 280 g/mol. The number of hydrogen-bond acceptors (Lipinski definition) is 4. The first-order chi connectivity index (χ1) is 9.38. The van der Waals surface area contributed by atoms with E-state index in [0.717, 1.165) is 11.4 Å². The molecule has 0 aliphatic rings. The van der Waals surface area contributed by atoms with Gasteiger partial charge in [0.05, 0.1) is 12.7 Å². The fourth-order valence-corrected chi connectivity index (χ4v) is 2.12. The minimum absolute atomic E-state index is 0.144. The molecule has 0 aliphatic heterocycles. The predicted molar refractivity (Wildman–Crippen MR) is 80.2 cm³/mol. The Morgan fingerprint density at radius 3 is 2.20 bits per heavy atom. The molecular weight excluding hydrogens is 256 g/mol. The molecule has 0 spiro atoms. The van der Waals surface area contributed by atoms with Crippen LogP contribution in [-0.4, -0.2) is 55.8 Å². The molecule has 0 bridgehead atoms. The van der Waals surface area contributed by atoms with Crippen LogP contribution in [0.4, 0.5) is 5.69 Å². The van der Waals surface area contributed by atoms with E-state index in [1.807, 2.05) is 31.2 Å². The molecule has 0 fully saturated rings. The van der Waals surface area contributed by atoms with Gasteiger partial charge in [0.2, 0.25) is 5.91 Å². The van der Waals surface area contributed by atoms with Crippen molar-refractivity contribution in [2.45, 2.75) is 26.0 Å². The lowest BCUT2D eigenvalue weighted by atomic mass is 10.1. The molecule has 1 amide bonds. The van der Waals surface area contributed by atoms with Crippen molar-refractivity contribution in [3.8, 4) is 5.75 Å². The summed E-state index contributed by atoms with van der Waals surface area (Å²) in [6.45, 7) is 4.15. The number of aliphatic hydroxyl groups is 1. The number of carbonyl (C=O) groups is 1. The van der Waals surface area contributed by atoms with Crippen molar-refractivity contribution in [1.82, 2.24) is 4.90 Å². The molecule has 1 aromatic carbocycles. The maximum atomic E-state index is 12.4. The Morgan fingerprint density at radius 2 is 1.80 bits per heavy atom. The highest BCUT2D eigenvalue weighted by atomic mass is 16.5. The number of aliphatic hydroxyl groups excluding tert-OH is 1. The molecule has 0 aromatic heterocycles. The highest BCUT2D eigenvalue weighted by molar-refractivity contribution is 5.97. The van der Waals surface area contributed by atoms with E-state index in [-0.39, 0.29) is 5.91 Å². The number of ether oxygens (including phenoxy) is 1. The van der Waals surface area contributed by atoms with Crippen molar-refractivity contribution in [1.29, 1.82) is 0 Å². The van der Waals surface area contributed by atoms with Crippen molar-refractivity contribution in [3.63, 3.8) is 0 Å². The highest BCUT2D eigenvalue weighted by Gasteiger charge is 2.29. The summed E-state index contributed by atoms with van der Waals surface area (Å²) in [5, 5.41) is 9.75. The van der Waals surface area contributed by atoms with Crippen molar-refractivity contribution in [3.05, 3.63) is 24.3 Å². The average Bonchev–Trinajstić information content (AvgIpc) is 2.38. The van der Waals surface area contributed by atoms with Crippen LogP contribution in [0.1, 0.15) is 13.8 Å². The molecule has 1 rings (SSSR count). The van der Waals surface area contributed by atoms with Crippen LogP contribution in [0.5, 0.6) is 5.75 Å². The third-order valence-electron chi connectivity index (χ3n) is 3.13. The summed E-state index contributed by atoms with van der Waals surface area (Å²) >= 11 is 0. The first kappa shape index (κ1) is 16.5. The molecule has 0 aliphatic carbocycles. The third-order valence-corrected chi connectivity index (χ3v) is 3.13. The summed E-state index contributed by atoms with van der Waals surface area (Å²) < 4.78 is 5.37. The SMILES string of the molecule is CCOc1ccc(N(C)C(=O)[C@H]([C@@H](C)O)N(C)C)cc1. The molecule has 20 heavy (non-hydrogen) atoms. The molecule has 112 valence electrons. The van der Waals surface area contributed by atoms with Crippen LogP contribution in [0.25, 0.3) is 0 Å². The van der Waals surface area contributed by atoms with E-state index < -0.39 is 12.1 Å². The second kappa shape index (κ2) is 7.26. The van der Waals surface area contributed by atoms with Gasteiger partial charge in [-0.05, 0) is 52.2 Å². The van der Waals surface area contributed by atoms with Crippen LogP contribution in [0, 0.1) is 0 Å². The van der Waals surface area contributed by atoms with Gasteiger partial charge < -0.3 is 14.7 Å². The van der Waals surface area contributed by atoms with Gasteiger partial charge in [-0.3, -0.25) is 9.69 Å². The quantitative estimate of drug-likeness (QED) is 0.855. The predicted octanol–water partition coefficient (Wildman–Crippen LogP) is 1.36. The number of likely N-dealkylation sites (N-methyl/N-ethyl adjacent to an activating group) is 2. The van der Waals surface area contributed by atoms with E-state index >= 15 is 0 Å². The van der Waals surface area contributed by atoms with E-state index in [2.05, 4.69) is 0 Å². The largest absolute Gasteiger partial charge is 0.494 e. The number of nitrogens with zero attached hydrogens (tertiary/aromatic N) is 2. The monoisotopic (exact) mass is 280 g/mol. The van der Waals surface area contributed by atoms with Crippen molar-refractivity contribution < 1.29 is 14.6 Å². The van der Waals surface area contributed by atoms with Crippen molar-refractivity contribution in [2.75, 3.05) is 32.6 Å². The molecular formula is C15H24N2O3. The second-order valence-electron chi connectivity index (χ2n) is 4.97. The lowest BCUT2D eigenvalue weighted by Crippen LogP contribution is -2.50. The van der Waals surface area contributed by atoms with Crippen LogP contribution < -0.4 is 9.64 Å². The molecule has 5 heteroatoms. The Kier molecular flexibility index (Phi) is 5.98. The van der Waals surface area contributed by atoms with Gasteiger partial charge >= 0.3 is 0 Å². The third kappa shape index (κ3) is 3.95. The van der Waals surface area contributed by atoms with Crippen LogP contribution in [0.3, 0.4) is 0 Å². The van der Waals surface area contributed by atoms with E-state index in [1.165, 1.54) is 0 Å². The Bertz CT molecular complexity index is 421. The number of amides is 1. The minimum Gasteiger partial charge on any atom is -0.494 e. The first-order valence-electron chi connectivity index (χ1n) is 6.73. The smallest absolute Gasteiger partial charge is 0.246 e. The maximum absolute atomic E-state index is 12.4. The molecule has 0 radical (unpaired) electrons. The molecule has 0 heterocycles. The molecule has 0 saturated carbocycles. The normalized spacial score (nSPS) is 13.9. The van der Waals surface area contributed by atoms with E-state index in [0.29, 0.717) is 6.61 Å². The standard InChI is InChI=1S/C15H24N2O3/c1-6-20-13-9-7-12(8-10-13)17(5)15(19)14(11(2)18)16(3)4/h7-11,14,18H,6H2,1-5H3/t11-,14+/m1/s1. The Morgan fingerprint density at radius 1 is 1.25 bits per heavy atom.